The van der Waals surface area contributed by atoms with Crippen molar-refractivity contribution in [3.8, 4) is 5.75 Å². The Kier molecular flexibility index (Phi) is 2.57. The molecule has 4 N–H and O–H groups in total. The molecule has 1 heterocycles. The summed E-state index contributed by atoms with van der Waals surface area (Å²) in [6.45, 7) is 0.356. The van der Waals surface area contributed by atoms with Gasteiger partial charge in [0.1, 0.15) is 5.52 Å². The van der Waals surface area contributed by atoms with Gasteiger partial charge in [-0.25, -0.2) is 4.98 Å². The van der Waals surface area contributed by atoms with Crippen LogP contribution in [0.5, 0.6) is 5.75 Å². The first-order valence-corrected chi connectivity index (χ1v) is 4.67. The number of fused-ring (bicyclic) bond motifs is 1. The molecule has 0 radical (unpaired) electrons. The number of aliphatic hydroxyl groups is 1. The molecule has 2 rings (SSSR count). The maximum Gasteiger partial charge on any atom is 0.196 e. The smallest absolute Gasteiger partial charge is 0.196 e. The maximum absolute atomic E-state index is 9.80. The van der Waals surface area contributed by atoms with E-state index in [0.717, 1.165) is 0 Å². The third-order valence-electron chi connectivity index (χ3n) is 2.30. The third-order valence-corrected chi connectivity index (χ3v) is 2.30. The SMILES string of the molecule is NCCC(O)c1ccc2ncoc2c1O. The topological polar surface area (TPSA) is 92.5 Å². The fraction of sp³-hybridized carbons (Fsp3) is 0.300. The van der Waals surface area contributed by atoms with Crippen molar-refractivity contribution in [3.05, 3.63) is 24.1 Å². The Morgan fingerprint density at radius 2 is 2.27 bits per heavy atom. The summed E-state index contributed by atoms with van der Waals surface area (Å²) in [5.41, 5.74) is 6.61. The van der Waals surface area contributed by atoms with Crippen LogP contribution in [0.25, 0.3) is 11.1 Å². The molecule has 0 spiro atoms. The number of hydrogen-bond donors (Lipinski definition) is 3. The van der Waals surface area contributed by atoms with E-state index in [1.807, 2.05) is 0 Å². The Balaban J connectivity index is 2.47. The van der Waals surface area contributed by atoms with Crippen LogP contribution in [0.15, 0.2) is 22.9 Å². The van der Waals surface area contributed by atoms with Crippen LogP contribution in [0.2, 0.25) is 0 Å². The summed E-state index contributed by atoms with van der Waals surface area (Å²) in [6, 6.07) is 3.31. The van der Waals surface area contributed by atoms with Gasteiger partial charge in [0, 0.05) is 5.56 Å². The molecule has 15 heavy (non-hydrogen) atoms. The van der Waals surface area contributed by atoms with Crippen molar-refractivity contribution in [1.29, 1.82) is 0 Å². The molecule has 2 aromatic rings. The normalized spacial score (nSPS) is 13.2. The van der Waals surface area contributed by atoms with Gasteiger partial charge in [0.05, 0.1) is 6.10 Å². The number of aromatic nitrogens is 1. The zero-order chi connectivity index (χ0) is 10.8. The lowest BCUT2D eigenvalue weighted by atomic mass is 10.0. The number of phenolic OH excluding ortho intramolecular Hbond substituents is 1. The molecule has 0 bridgehead atoms. The van der Waals surface area contributed by atoms with Gasteiger partial charge < -0.3 is 20.4 Å². The molecule has 0 aliphatic heterocycles. The van der Waals surface area contributed by atoms with Crippen molar-refractivity contribution in [3.63, 3.8) is 0 Å². The summed E-state index contributed by atoms with van der Waals surface area (Å²) in [5, 5.41) is 19.5. The Labute approximate surface area is 86.2 Å². The molecule has 1 atom stereocenters. The van der Waals surface area contributed by atoms with E-state index in [1.165, 1.54) is 6.39 Å². The van der Waals surface area contributed by atoms with Crippen LogP contribution in [0.1, 0.15) is 18.1 Å². The van der Waals surface area contributed by atoms with Crippen molar-refractivity contribution >= 4 is 11.1 Å². The zero-order valence-electron chi connectivity index (χ0n) is 8.05. The van der Waals surface area contributed by atoms with Gasteiger partial charge in [-0.05, 0) is 19.0 Å². The van der Waals surface area contributed by atoms with Crippen molar-refractivity contribution in [2.45, 2.75) is 12.5 Å². The minimum atomic E-state index is -0.774. The second kappa shape index (κ2) is 3.88. The molecule has 80 valence electrons. The van der Waals surface area contributed by atoms with Crippen molar-refractivity contribution < 1.29 is 14.6 Å². The highest BCUT2D eigenvalue weighted by Crippen LogP contribution is 2.32. The summed E-state index contributed by atoms with van der Waals surface area (Å²) >= 11 is 0. The van der Waals surface area contributed by atoms with Crippen LogP contribution < -0.4 is 5.73 Å². The molecule has 1 unspecified atom stereocenters. The predicted octanol–water partition coefficient (Wildman–Crippen LogP) is 0.916. The van der Waals surface area contributed by atoms with Gasteiger partial charge in [0.15, 0.2) is 17.7 Å². The number of aromatic hydroxyl groups is 1. The van der Waals surface area contributed by atoms with Gasteiger partial charge in [-0.15, -0.1) is 0 Å². The number of nitrogens with zero attached hydrogens (tertiary/aromatic N) is 1. The first-order valence-electron chi connectivity index (χ1n) is 4.67. The van der Waals surface area contributed by atoms with E-state index < -0.39 is 6.10 Å². The lowest BCUT2D eigenvalue weighted by Crippen LogP contribution is -2.06. The lowest BCUT2D eigenvalue weighted by molar-refractivity contribution is 0.166. The molecule has 5 nitrogen and oxygen atoms in total. The standard InChI is InChI=1S/C10H12N2O3/c11-4-3-8(13)6-1-2-7-10(9(6)14)15-5-12-7/h1-2,5,8,13-14H,3-4,11H2. The first-order chi connectivity index (χ1) is 7.24. The molecule has 0 aliphatic carbocycles. The molecule has 5 heteroatoms. The van der Waals surface area contributed by atoms with Crippen molar-refractivity contribution in [2.24, 2.45) is 5.73 Å². The Morgan fingerprint density at radius 1 is 1.47 bits per heavy atom. The molecular weight excluding hydrogens is 196 g/mol. The summed E-state index contributed by atoms with van der Waals surface area (Å²) in [5.74, 6) is -0.0639. The number of hydrogen-bond acceptors (Lipinski definition) is 5. The summed E-state index contributed by atoms with van der Waals surface area (Å²) in [4.78, 5) is 3.89. The maximum atomic E-state index is 9.80. The summed E-state index contributed by atoms with van der Waals surface area (Å²) in [7, 11) is 0. The Morgan fingerprint density at radius 3 is 3.00 bits per heavy atom. The molecule has 0 fully saturated rings. The van der Waals surface area contributed by atoms with E-state index in [1.54, 1.807) is 12.1 Å². The number of rotatable bonds is 3. The van der Waals surface area contributed by atoms with E-state index in [4.69, 9.17) is 10.2 Å². The van der Waals surface area contributed by atoms with Gasteiger partial charge in [0.25, 0.3) is 0 Å². The van der Waals surface area contributed by atoms with Gasteiger partial charge in [-0.3, -0.25) is 0 Å². The fourth-order valence-corrected chi connectivity index (χ4v) is 1.51. The highest BCUT2D eigenvalue weighted by atomic mass is 16.4. The van der Waals surface area contributed by atoms with Crippen LogP contribution in [0, 0.1) is 0 Å². The largest absolute Gasteiger partial charge is 0.504 e. The van der Waals surface area contributed by atoms with Gasteiger partial charge in [-0.2, -0.15) is 0 Å². The molecule has 0 saturated heterocycles. The number of oxazole rings is 1. The summed E-state index contributed by atoms with van der Waals surface area (Å²) < 4.78 is 5.01. The van der Waals surface area contributed by atoms with E-state index in [9.17, 15) is 10.2 Å². The highest BCUT2D eigenvalue weighted by molar-refractivity contribution is 5.80. The second-order valence-corrected chi connectivity index (χ2v) is 3.30. The van der Waals surface area contributed by atoms with Crippen LogP contribution >= 0.6 is 0 Å². The summed E-state index contributed by atoms with van der Waals surface area (Å²) in [6.07, 6.45) is 0.876. The fourth-order valence-electron chi connectivity index (χ4n) is 1.51. The molecule has 1 aromatic heterocycles. The highest BCUT2D eigenvalue weighted by Gasteiger charge is 2.16. The van der Waals surface area contributed by atoms with E-state index in [2.05, 4.69) is 4.98 Å². The van der Waals surface area contributed by atoms with Crippen molar-refractivity contribution in [2.75, 3.05) is 6.54 Å². The Hall–Kier alpha value is -1.59. The van der Waals surface area contributed by atoms with E-state index >= 15 is 0 Å². The number of phenols is 1. The van der Waals surface area contributed by atoms with E-state index in [0.29, 0.717) is 29.6 Å². The monoisotopic (exact) mass is 208 g/mol. The number of aliphatic hydroxyl groups excluding tert-OH is 1. The quantitative estimate of drug-likeness (QED) is 0.697. The third kappa shape index (κ3) is 1.67. The van der Waals surface area contributed by atoms with Gasteiger partial charge in [-0.1, -0.05) is 6.07 Å². The molecular formula is C10H12N2O3. The van der Waals surface area contributed by atoms with Gasteiger partial charge >= 0.3 is 0 Å². The molecule has 1 aromatic carbocycles. The molecule has 0 aliphatic rings. The second-order valence-electron chi connectivity index (χ2n) is 3.30. The molecule has 0 saturated carbocycles. The average Bonchev–Trinajstić information content (AvgIpc) is 2.67. The van der Waals surface area contributed by atoms with Crippen LogP contribution in [-0.2, 0) is 0 Å². The van der Waals surface area contributed by atoms with Crippen molar-refractivity contribution in [1.82, 2.24) is 4.98 Å². The minimum Gasteiger partial charge on any atom is -0.504 e. The van der Waals surface area contributed by atoms with Crippen LogP contribution in [-0.4, -0.2) is 21.7 Å². The number of benzene rings is 1. The predicted molar refractivity (Wildman–Crippen MR) is 54.3 cm³/mol. The Bertz CT molecular complexity index is 467. The molecule has 0 amide bonds. The van der Waals surface area contributed by atoms with Crippen LogP contribution in [0.3, 0.4) is 0 Å². The number of nitrogens with two attached hydrogens (primary N) is 1. The zero-order valence-corrected chi connectivity index (χ0v) is 8.05. The van der Waals surface area contributed by atoms with Gasteiger partial charge in [0.2, 0.25) is 0 Å². The minimum absolute atomic E-state index is 0.0639. The van der Waals surface area contributed by atoms with E-state index in [-0.39, 0.29) is 5.75 Å². The average molecular weight is 208 g/mol. The van der Waals surface area contributed by atoms with Crippen LogP contribution in [0.4, 0.5) is 0 Å². The lowest BCUT2D eigenvalue weighted by Gasteiger charge is -2.10. The first kappa shape index (κ1) is 9.95.